The average molecular weight is 208 g/mol. The quantitative estimate of drug-likeness (QED) is 0.684. The lowest BCUT2D eigenvalue weighted by Crippen LogP contribution is -2.10. The van der Waals surface area contributed by atoms with Gasteiger partial charge >= 0.3 is 6.18 Å². The number of alkyl halides is 3. The summed E-state index contributed by atoms with van der Waals surface area (Å²) >= 11 is 5.20. The molecule has 0 aromatic heterocycles. The Bertz CT molecular complexity index is 332. The summed E-state index contributed by atoms with van der Waals surface area (Å²) in [6.45, 7) is 0. The lowest BCUT2D eigenvalue weighted by molar-refractivity contribution is -0.137. The third kappa shape index (κ3) is 2.21. The highest BCUT2D eigenvalue weighted by Crippen LogP contribution is 2.32. The zero-order chi connectivity index (χ0) is 10.1. The van der Waals surface area contributed by atoms with Crippen molar-refractivity contribution in [1.29, 1.82) is 5.41 Å². The van der Waals surface area contributed by atoms with Crippen molar-refractivity contribution in [2.45, 2.75) is 6.18 Å². The molecule has 0 aliphatic heterocycles. The number of hydrogen-bond acceptors (Lipinski definition) is 1. The van der Waals surface area contributed by atoms with Crippen molar-refractivity contribution in [2.24, 2.45) is 0 Å². The molecule has 1 rings (SSSR count). The molecule has 0 saturated heterocycles. The van der Waals surface area contributed by atoms with Crippen molar-refractivity contribution in [3.63, 3.8) is 0 Å². The Hall–Kier alpha value is -1.03. The van der Waals surface area contributed by atoms with Gasteiger partial charge in [-0.1, -0.05) is 29.8 Å². The first-order valence-corrected chi connectivity index (χ1v) is 3.71. The molecule has 70 valence electrons. The highest BCUT2D eigenvalue weighted by Gasteiger charge is 2.33. The van der Waals surface area contributed by atoms with Crippen molar-refractivity contribution in [2.75, 3.05) is 0 Å². The normalized spacial score (nSPS) is 11.4. The second kappa shape index (κ2) is 3.38. The summed E-state index contributed by atoms with van der Waals surface area (Å²) in [5.74, 6) is 0. The van der Waals surface area contributed by atoms with Gasteiger partial charge in [-0.25, -0.2) is 0 Å². The van der Waals surface area contributed by atoms with Gasteiger partial charge in [0.1, 0.15) is 5.17 Å². The molecular formula is C8H5ClF3N. The van der Waals surface area contributed by atoms with Crippen molar-refractivity contribution in [3.8, 4) is 0 Å². The molecule has 0 fully saturated rings. The molecule has 1 aromatic carbocycles. The number of rotatable bonds is 1. The minimum atomic E-state index is -4.46. The lowest BCUT2D eigenvalue weighted by atomic mass is 10.1. The van der Waals surface area contributed by atoms with E-state index in [1.54, 1.807) is 0 Å². The van der Waals surface area contributed by atoms with Gasteiger partial charge in [-0.3, -0.25) is 5.41 Å². The van der Waals surface area contributed by atoms with Crippen LogP contribution in [-0.4, -0.2) is 5.17 Å². The van der Waals surface area contributed by atoms with Gasteiger partial charge < -0.3 is 0 Å². The highest BCUT2D eigenvalue weighted by molar-refractivity contribution is 6.68. The van der Waals surface area contributed by atoms with Gasteiger partial charge in [0.05, 0.1) is 5.56 Å². The van der Waals surface area contributed by atoms with E-state index in [1.165, 1.54) is 12.1 Å². The molecule has 13 heavy (non-hydrogen) atoms. The SMILES string of the molecule is N=C(Cl)c1ccccc1C(F)(F)F. The van der Waals surface area contributed by atoms with E-state index in [-0.39, 0.29) is 5.56 Å². The zero-order valence-electron chi connectivity index (χ0n) is 6.32. The van der Waals surface area contributed by atoms with Crippen LogP contribution in [0.1, 0.15) is 11.1 Å². The van der Waals surface area contributed by atoms with Gasteiger partial charge in [0.15, 0.2) is 0 Å². The first kappa shape index (κ1) is 10.1. The summed E-state index contributed by atoms with van der Waals surface area (Å²) in [4.78, 5) is 0. The Morgan fingerprint density at radius 2 is 1.77 bits per heavy atom. The van der Waals surface area contributed by atoms with Crippen LogP contribution >= 0.6 is 11.6 Å². The Labute approximate surface area is 77.6 Å². The summed E-state index contributed by atoms with van der Waals surface area (Å²) in [5, 5.41) is 6.32. The van der Waals surface area contributed by atoms with Gasteiger partial charge in [0.25, 0.3) is 0 Å². The molecule has 0 bridgehead atoms. The molecule has 0 saturated carbocycles. The number of hydrogen-bond donors (Lipinski definition) is 1. The van der Waals surface area contributed by atoms with Crippen molar-refractivity contribution in [3.05, 3.63) is 35.4 Å². The largest absolute Gasteiger partial charge is 0.417 e. The highest BCUT2D eigenvalue weighted by atomic mass is 35.5. The van der Waals surface area contributed by atoms with Crippen LogP contribution in [0.5, 0.6) is 0 Å². The molecule has 0 radical (unpaired) electrons. The Kier molecular flexibility index (Phi) is 2.61. The van der Waals surface area contributed by atoms with Crippen molar-refractivity contribution >= 4 is 16.8 Å². The van der Waals surface area contributed by atoms with Gasteiger partial charge in [-0.15, -0.1) is 0 Å². The molecule has 0 aliphatic rings. The maximum Gasteiger partial charge on any atom is 0.417 e. The van der Waals surface area contributed by atoms with E-state index < -0.39 is 16.9 Å². The predicted octanol–water partition coefficient (Wildman–Crippen LogP) is 3.27. The molecule has 1 aromatic rings. The van der Waals surface area contributed by atoms with Crippen LogP contribution in [0.2, 0.25) is 0 Å². The first-order valence-electron chi connectivity index (χ1n) is 3.33. The summed E-state index contributed by atoms with van der Waals surface area (Å²) in [6, 6.07) is 4.72. The molecule has 0 amide bonds. The second-order valence-electron chi connectivity index (χ2n) is 2.36. The van der Waals surface area contributed by atoms with E-state index in [1.807, 2.05) is 0 Å². The van der Waals surface area contributed by atoms with E-state index in [0.29, 0.717) is 0 Å². The fourth-order valence-electron chi connectivity index (χ4n) is 0.922. The molecule has 0 unspecified atom stereocenters. The maximum absolute atomic E-state index is 12.3. The van der Waals surface area contributed by atoms with Crippen LogP contribution in [0.3, 0.4) is 0 Å². The standard InChI is InChI=1S/C8H5ClF3N/c9-7(13)5-3-1-2-4-6(5)8(10,11)12/h1-4,13H. The number of benzene rings is 1. The van der Waals surface area contributed by atoms with Gasteiger partial charge in [-0.2, -0.15) is 13.2 Å². The van der Waals surface area contributed by atoms with Crippen molar-refractivity contribution in [1.82, 2.24) is 0 Å². The zero-order valence-corrected chi connectivity index (χ0v) is 7.08. The fourth-order valence-corrected chi connectivity index (χ4v) is 1.09. The van der Waals surface area contributed by atoms with E-state index in [9.17, 15) is 13.2 Å². The van der Waals surface area contributed by atoms with Crippen molar-refractivity contribution < 1.29 is 13.2 Å². The molecule has 0 heterocycles. The summed E-state index contributed by atoms with van der Waals surface area (Å²) in [5.41, 5.74) is -1.17. The van der Waals surface area contributed by atoms with E-state index in [4.69, 9.17) is 17.0 Å². The van der Waals surface area contributed by atoms with E-state index >= 15 is 0 Å². The summed E-state index contributed by atoms with van der Waals surface area (Å²) in [6.07, 6.45) is -4.46. The molecule has 0 atom stereocenters. The van der Waals surface area contributed by atoms with Gasteiger partial charge in [0, 0.05) is 5.56 Å². The minimum Gasteiger partial charge on any atom is -0.289 e. The smallest absolute Gasteiger partial charge is 0.289 e. The predicted molar refractivity (Wildman–Crippen MR) is 44.1 cm³/mol. The van der Waals surface area contributed by atoms with Crippen LogP contribution in [0.25, 0.3) is 0 Å². The van der Waals surface area contributed by atoms with Crippen LogP contribution in [0, 0.1) is 5.41 Å². The van der Waals surface area contributed by atoms with Crippen LogP contribution in [0.15, 0.2) is 24.3 Å². The Morgan fingerprint density at radius 3 is 2.15 bits per heavy atom. The van der Waals surface area contributed by atoms with Gasteiger partial charge in [0.2, 0.25) is 0 Å². The molecular weight excluding hydrogens is 203 g/mol. The third-order valence-corrected chi connectivity index (χ3v) is 1.67. The van der Waals surface area contributed by atoms with Crippen LogP contribution in [0.4, 0.5) is 13.2 Å². The summed E-state index contributed by atoms with van der Waals surface area (Å²) in [7, 11) is 0. The molecule has 1 nitrogen and oxygen atoms in total. The third-order valence-electron chi connectivity index (χ3n) is 1.47. The molecule has 1 N–H and O–H groups in total. The van der Waals surface area contributed by atoms with E-state index in [0.717, 1.165) is 12.1 Å². The first-order chi connectivity index (χ1) is 5.93. The van der Waals surface area contributed by atoms with Crippen LogP contribution in [-0.2, 0) is 6.18 Å². The van der Waals surface area contributed by atoms with Gasteiger partial charge in [-0.05, 0) is 6.07 Å². The minimum absolute atomic E-state index is 0.295. The number of halogens is 4. The second-order valence-corrected chi connectivity index (χ2v) is 2.74. The average Bonchev–Trinajstić information content (AvgIpc) is 2.03. The fraction of sp³-hybridized carbons (Fsp3) is 0.125. The van der Waals surface area contributed by atoms with Crippen LogP contribution < -0.4 is 0 Å². The Balaban J connectivity index is 3.28. The maximum atomic E-state index is 12.3. The molecule has 0 aliphatic carbocycles. The molecule has 0 spiro atoms. The Morgan fingerprint density at radius 1 is 1.23 bits per heavy atom. The number of nitrogens with one attached hydrogen (secondary N) is 1. The van der Waals surface area contributed by atoms with E-state index in [2.05, 4.69) is 0 Å². The monoisotopic (exact) mass is 207 g/mol. The molecule has 5 heteroatoms. The lowest BCUT2D eigenvalue weighted by Gasteiger charge is -2.09. The topological polar surface area (TPSA) is 23.9 Å². The summed E-state index contributed by atoms with van der Waals surface area (Å²) < 4.78 is 36.8.